The second kappa shape index (κ2) is 6.39. The molecule has 0 aliphatic carbocycles. The fourth-order valence-corrected chi connectivity index (χ4v) is 2.68. The SMILES string of the molecule is Cc1nc(SCc2cccc(B(O)O)c2)nc(C)c1C. The number of benzene rings is 1. The van der Waals surface area contributed by atoms with Crippen LogP contribution in [0, 0.1) is 20.8 Å². The molecule has 0 spiro atoms. The van der Waals surface area contributed by atoms with Crippen molar-refractivity contribution in [3.8, 4) is 0 Å². The molecule has 0 saturated heterocycles. The Bertz CT molecular complexity index is 597. The summed E-state index contributed by atoms with van der Waals surface area (Å²) in [6.07, 6.45) is 0. The predicted molar refractivity (Wildman–Crippen MR) is 82.1 cm³/mol. The first kappa shape index (κ1) is 15.0. The molecule has 2 aromatic rings. The summed E-state index contributed by atoms with van der Waals surface area (Å²) in [5.74, 6) is 0.697. The van der Waals surface area contributed by atoms with E-state index in [-0.39, 0.29) is 0 Å². The molecular formula is C14H17BN2O2S. The van der Waals surface area contributed by atoms with Gasteiger partial charge in [-0.25, -0.2) is 9.97 Å². The molecule has 2 rings (SSSR count). The van der Waals surface area contributed by atoms with Gasteiger partial charge in [-0.2, -0.15) is 0 Å². The van der Waals surface area contributed by atoms with Crippen LogP contribution in [0.15, 0.2) is 29.4 Å². The normalized spacial score (nSPS) is 10.7. The van der Waals surface area contributed by atoms with E-state index in [0.717, 1.165) is 27.7 Å². The van der Waals surface area contributed by atoms with Gasteiger partial charge >= 0.3 is 7.12 Å². The number of nitrogens with zero attached hydrogens (tertiary/aromatic N) is 2. The third-order valence-electron chi connectivity index (χ3n) is 3.23. The summed E-state index contributed by atoms with van der Waals surface area (Å²) in [7, 11) is -1.43. The molecule has 6 heteroatoms. The predicted octanol–water partition coefficient (Wildman–Crippen LogP) is 1.37. The molecule has 0 aliphatic heterocycles. The maximum atomic E-state index is 9.16. The minimum atomic E-state index is -1.43. The number of aromatic nitrogens is 2. The van der Waals surface area contributed by atoms with Crippen molar-refractivity contribution in [3.05, 3.63) is 46.8 Å². The topological polar surface area (TPSA) is 66.2 Å². The quantitative estimate of drug-likeness (QED) is 0.505. The zero-order chi connectivity index (χ0) is 14.7. The molecule has 0 radical (unpaired) electrons. The van der Waals surface area contributed by atoms with Crippen LogP contribution >= 0.6 is 11.8 Å². The standard InChI is InChI=1S/C14H17BN2O2S/c1-9-10(2)16-14(17-11(9)3)20-8-12-5-4-6-13(7-12)15(18)19/h4-7,18-19H,8H2,1-3H3. The monoisotopic (exact) mass is 288 g/mol. The van der Waals surface area contributed by atoms with Crippen molar-refractivity contribution in [3.63, 3.8) is 0 Å². The summed E-state index contributed by atoms with van der Waals surface area (Å²) in [4.78, 5) is 8.92. The van der Waals surface area contributed by atoms with Crippen LogP contribution < -0.4 is 5.46 Å². The van der Waals surface area contributed by atoms with Crippen LogP contribution in [0.3, 0.4) is 0 Å². The van der Waals surface area contributed by atoms with E-state index in [1.165, 1.54) is 0 Å². The maximum absolute atomic E-state index is 9.16. The lowest BCUT2D eigenvalue weighted by molar-refractivity contribution is 0.425. The van der Waals surface area contributed by atoms with Crippen molar-refractivity contribution in [2.24, 2.45) is 0 Å². The lowest BCUT2D eigenvalue weighted by atomic mass is 9.80. The van der Waals surface area contributed by atoms with Gasteiger partial charge in [0.1, 0.15) is 0 Å². The Hall–Kier alpha value is -1.37. The molecular weight excluding hydrogens is 271 g/mol. The Balaban J connectivity index is 2.11. The second-order valence-electron chi connectivity index (χ2n) is 4.71. The Morgan fingerprint density at radius 3 is 2.35 bits per heavy atom. The van der Waals surface area contributed by atoms with Crippen LogP contribution in [-0.2, 0) is 5.75 Å². The van der Waals surface area contributed by atoms with Crippen molar-refractivity contribution >= 4 is 24.3 Å². The molecule has 4 nitrogen and oxygen atoms in total. The summed E-state index contributed by atoms with van der Waals surface area (Å²) >= 11 is 1.55. The molecule has 0 unspecified atom stereocenters. The Kier molecular flexibility index (Phi) is 4.80. The fraction of sp³-hybridized carbons (Fsp3) is 0.286. The van der Waals surface area contributed by atoms with Crippen LogP contribution in [0.5, 0.6) is 0 Å². The highest BCUT2D eigenvalue weighted by atomic mass is 32.2. The van der Waals surface area contributed by atoms with E-state index < -0.39 is 7.12 Å². The van der Waals surface area contributed by atoms with E-state index >= 15 is 0 Å². The Labute approximate surface area is 123 Å². The van der Waals surface area contributed by atoms with Gasteiger partial charge in [-0.3, -0.25) is 0 Å². The van der Waals surface area contributed by atoms with E-state index in [2.05, 4.69) is 9.97 Å². The summed E-state index contributed by atoms with van der Waals surface area (Å²) in [5.41, 5.74) is 4.64. The third-order valence-corrected chi connectivity index (χ3v) is 4.15. The molecule has 0 aliphatic rings. The van der Waals surface area contributed by atoms with Crippen LogP contribution in [0.1, 0.15) is 22.5 Å². The molecule has 2 N–H and O–H groups in total. The minimum Gasteiger partial charge on any atom is -0.423 e. The number of hydrogen-bond donors (Lipinski definition) is 2. The summed E-state index contributed by atoms with van der Waals surface area (Å²) in [5, 5.41) is 19.1. The van der Waals surface area contributed by atoms with Crippen molar-refractivity contribution in [1.82, 2.24) is 9.97 Å². The first-order valence-electron chi connectivity index (χ1n) is 6.37. The highest BCUT2D eigenvalue weighted by Crippen LogP contribution is 2.21. The molecule has 20 heavy (non-hydrogen) atoms. The zero-order valence-corrected chi connectivity index (χ0v) is 12.6. The molecule has 104 valence electrons. The van der Waals surface area contributed by atoms with Crippen LogP contribution in [0.2, 0.25) is 0 Å². The second-order valence-corrected chi connectivity index (χ2v) is 5.65. The Morgan fingerprint density at radius 2 is 1.75 bits per heavy atom. The first-order chi connectivity index (χ1) is 9.47. The van der Waals surface area contributed by atoms with E-state index in [1.54, 1.807) is 23.9 Å². The average Bonchev–Trinajstić information content (AvgIpc) is 2.42. The lowest BCUT2D eigenvalue weighted by Crippen LogP contribution is -2.29. The number of thioether (sulfide) groups is 1. The molecule has 0 atom stereocenters. The Morgan fingerprint density at radius 1 is 1.10 bits per heavy atom. The highest BCUT2D eigenvalue weighted by molar-refractivity contribution is 7.98. The van der Waals surface area contributed by atoms with Gasteiger partial charge in [0.15, 0.2) is 5.16 Å². The minimum absolute atomic E-state index is 0.500. The van der Waals surface area contributed by atoms with Crippen LogP contribution in [-0.4, -0.2) is 27.1 Å². The third kappa shape index (κ3) is 3.59. The van der Waals surface area contributed by atoms with Gasteiger partial charge in [-0.05, 0) is 37.4 Å². The molecule has 0 saturated carbocycles. The van der Waals surface area contributed by atoms with Crippen molar-refractivity contribution in [2.45, 2.75) is 31.7 Å². The molecule has 0 fully saturated rings. The zero-order valence-electron chi connectivity index (χ0n) is 11.8. The van der Waals surface area contributed by atoms with E-state index in [0.29, 0.717) is 11.2 Å². The van der Waals surface area contributed by atoms with Crippen molar-refractivity contribution in [1.29, 1.82) is 0 Å². The van der Waals surface area contributed by atoms with Gasteiger partial charge < -0.3 is 10.0 Å². The van der Waals surface area contributed by atoms with Crippen LogP contribution in [0.4, 0.5) is 0 Å². The number of rotatable bonds is 4. The van der Waals surface area contributed by atoms with E-state index in [9.17, 15) is 0 Å². The van der Waals surface area contributed by atoms with Crippen molar-refractivity contribution < 1.29 is 10.0 Å². The number of hydrogen-bond acceptors (Lipinski definition) is 5. The van der Waals surface area contributed by atoms with Gasteiger partial charge in [-0.15, -0.1) is 0 Å². The molecule has 1 heterocycles. The molecule has 0 bridgehead atoms. The van der Waals surface area contributed by atoms with Gasteiger partial charge in [0.25, 0.3) is 0 Å². The summed E-state index contributed by atoms with van der Waals surface area (Å²) in [6.45, 7) is 5.98. The molecule has 1 aromatic carbocycles. The largest absolute Gasteiger partial charge is 0.488 e. The average molecular weight is 288 g/mol. The van der Waals surface area contributed by atoms with E-state index in [4.69, 9.17) is 10.0 Å². The van der Waals surface area contributed by atoms with Crippen LogP contribution in [0.25, 0.3) is 0 Å². The first-order valence-corrected chi connectivity index (χ1v) is 7.35. The highest BCUT2D eigenvalue weighted by Gasteiger charge is 2.11. The van der Waals surface area contributed by atoms with E-state index in [1.807, 2.05) is 32.9 Å². The summed E-state index contributed by atoms with van der Waals surface area (Å²) < 4.78 is 0. The molecule has 0 amide bonds. The molecule has 1 aromatic heterocycles. The van der Waals surface area contributed by atoms with Gasteiger partial charge in [0.2, 0.25) is 0 Å². The lowest BCUT2D eigenvalue weighted by Gasteiger charge is -2.07. The van der Waals surface area contributed by atoms with Crippen molar-refractivity contribution in [2.75, 3.05) is 0 Å². The maximum Gasteiger partial charge on any atom is 0.488 e. The van der Waals surface area contributed by atoms with Gasteiger partial charge in [-0.1, -0.05) is 36.0 Å². The number of aryl methyl sites for hydroxylation is 2. The van der Waals surface area contributed by atoms with Gasteiger partial charge in [0, 0.05) is 17.1 Å². The smallest absolute Gasteiger partial charge is 0.423 e. The van der Waals surface area contributed by atoms with Gasteiger partial charge in [0.05, 0.1) is 0 Å². The fourth-order valence-electron chi connectivity index (χ4n) is 1.80. The summed E-state index contributed by atoms with van der Waals surface area (Å²) in [6, 6.07) is 7.24.